The fraction of sp³-hybridized carbons (Fsp3) is 0.269. The summed E-state index contributed by atoms with van der Waals surface area (Å²) in [4.78, 5) is 13.5. The standard InChI is InChI=1S/C26H29NO4/c1-3-29-26(28)19-27(2)16-17-30-25-15-14-22(21-10-6-4-7-11-21)18-23(25)20-31-24-12-8-5-9-13-24/h4-15,18H,3,16-17,19-20H2,1-2H3. The first-order valence-electron chi connectivity index (χ1n) is 10.5. The van der Waals surface area contributed by atoms with E-state index in [0.717, 1.165) is 28.2 Å². The van der Waals surface area contributed by atoms with E-state index in [0.29, 0.717) is 26.4 Å². The van der Waals surface area contributed by atoms with Crippen LogP contribution in [0.4, 0.5) is 0 Å². The van der Waals surface area contributed by atoms with Gasteiger partial charge in [-0.25, -0.2) is 0 Å². The molecular weight excluding hydrogens is 390 g/mol. The first-order chi connectivity index (χ1) is 15.2. The van der Waals surface area contributed by atoms with E-state index in [9.17, 15) is 4.79 Å². The van der Waals surface area contributed by atoms with Gasteiger partial charge in [0.05, 0.1) is 13.2 Å². The van der Waals surface area contributed by atoms with Crippen molar-refractivity contribution < 1.29 is 19.0 Å². The maximum absolute atomic E-state index is 11.6. The number of rotatable bonds is 11. The van der Waals surface area contributed by atoms with Gasteiger partial charge in [0.25, 0.3) is 0 Å². The molecule has 162 valence electrons. The molecule has 0 radical (unpaired) electrons. The Morgan fingerprint density at radius 1 is 0.871 bits per heavy atom. The molecule has 0 spiro atoms. The summed E-state index contributed by atoms with van der Waals surface area (Å²) < 4.78 is 17.0. The van der Waals surface area contributed by atoms with Gasteiger partial charge in [0.1, 0.15) is 24.7 Å². The Balaban J connectivity index is 1.68. The van der Waals surface area contributed by atoms with Gasteiger partial charge in [-0.15, -0.1) is 0 Å². The predicted octanol–water partition coefficient (Wildman–Crippen LogP) is 4.81. The molecule has 3 aromatic rings. The topological polar surface area (TPSA) is 48.0 Å². The van der Waals surface area contributed by atoms with E-state index in [1.54, 1.807) is 6.92 Å². The molecule has 3 rings (SSSR count). The lowest BCUT2D eigenvalue weighted by Crippen LogP contribution is -2.31. The van der Waals surface area contributed by atoms with Gasteiger partial charge in [0, 0.05) is 12.1 Å². The van der Waals surface area contributed by atoms with Gasteiger partial charge in [-0.2, -0.15) is 0 Å². The molecule has 0 atom stereocenters. The van der Waals surface area contributed by atoms with Crippen LogP contribution >= 0.6 is 0 Å². The molecule has 0 amide bonds. The van der Waals surface area contributed by atoms with E-state index < -0.39 is 0 Å². The van der Waals surface area contributed by atoms with E-state index >= 15 is 0 Å². The summed E-state index contributed by atoms with van der Waals surface area (Å²) in [5.41, 5.74) is 3.22. The fourth-order valence-electron chi connectivity index (χ4n) is 3.14. The quantitative estimate of drug-likeness (QED) is 0.418. The van der Waals surface area contributed by atoms with Crippen molar-refractivity contribution in [2.75, 3.05) is 33.4 Å². The Morgan fingerprint density at radius 2 is 1.58 bits per heavy atom. The minimum absolute atomic E-state index is 0.228. The Morgan fingerprint density at radius 3 is 2.29 bits per heavy atom. The second-order valence-corrected chi connectivity index (χ2v) is 7.18. The second kappa shape index (κ2) is 11.8. The average molecular weight is 420 g/mol. The van der Waals surface area contributed by atoms with Crippen molar-refractivity contribution in [2.24, 2.45) is 0 Å². The maximum atomic E-state index is 11.6. The number of nitrogens with zero attached hydrogens (tertiary/aromatic N) is 1. The number of likely N-dealkylation sites (N-methyl/N-ethyl adjacent to an activating group) is 1. The summed E-state index contributed by atoms with van der Waals surface area (Å²) >= 11 is 0. The molecule has 0 saturated carbocycles. The molecule has 0 heterocycles. The molecule has 0 bridgehead atoms. The van der Waals surface area contributed by atoms with Crippen molar-refractivity contribution >= 4 is 5.97 Å². The van der Waals surface area contributed by atoms with E-state index in [4.69, 9.17) is 14.2 Å². The average Bonchev–Trinajstić information content (AvgIpc) is 2.79. The molecule has 0 aliphatic carbocycles. The number of carbonyl (C=O) groups is 1. The lowest BCUT2D eigenvalue weighted by Gasteiger charge is -2.18. The van der Waals surface area contributed by atoms with Crippen LogP contribution in [0, 0.1) is 0 Å². The minimum atomic E-state index is -0.228. The van der Waals surface area contributed by atoms with Gasteiger partial charge < -0.3 is 14.2 Å². The van der Waals surface area contributed by atoms with Crippen LogP contribution in [0.15, 0.2) is 78.9 Å². The summed E-state index contributed by atoms with van der Waals surface area (Å²) in [5.74, 6) is 1.36. The number of hydrogen-bond donors (Lipinski definition) is 0. The highest BCUT2D eigenvalue weighted by atomic mass is 16.5. The van der Waals surface area contributed by atoms with Crippen LogP contribution in [-0.2, 0) is 16.1 Å². The molecule has 0 aliphatic rings. The smallest absolute Gasteiger partial charge is 0.320 e. The van der Waals surface area contributed by atoms with Gasteiger partial charge in [-0.05, 0) is 49.4 Å². The van der Waals surface area contributed by atoms with Crippen LogP contribution in [-0.4, -0.2) is 44.2 Å². The summed E-state index contributed by atoms with van der Waals surface area (Å²) in [7, 11) is 1.87. The highest BCUT2D eigenvalue weighted by Gasteiger charge is 2.10. The normalized spacial score (nSPS) is 10.7. The lowest BCUT2D eigenvalue weighted by atomic mass is 10.0. The highest BCUT2D eigenvalue weighted by molar-refractivity contribution is 5.71. The first kappa shape index (κ1) is 22.4. The van der Waals surface area contributed by atoms with Crippen LogP contribution < -0.4 is 9.47 Å². The number of esters is 1. The molecule has 5 nitrogen and oxygen atoms in total. The minimum Gasteiger partial charge on any atom is -0.492 e. The Kier molecular flexibility index (Phi) is 8.49. The van der Waals surface area contributed by atoms with Gasteiger partial charge in [0.15, 0.2) is 0 Å². The highest BCUT2D eigenvalue weighted by Crippen LogP contribution is 2.28. The molecule has 0 unspecified atom stereocenters. The van der Waals surface area contributed by atoms with Crippen LogP contribution in [0.2, 0.25) is 0 Å². The SMILES string of the molecule is CCOC(=O)CN(C)CCOc1ccc(-c2ccccc2)cc1COc1ccccc1. The number of benzene rings is 3. The summed E-state index contributed by atoms with van der Waals surface area (Å²) in [5, 5.41) is 0. The van der Waals surface area contributed by atoms with Crippen molar-refractivity contribution in [1.29, 1.82) is 0 Å². The van der Waals surface area contributed by atoms with Gasteiger partial charge >= 0.3 is 5.97 Å². The zero-order valence-electron chi connectivity index (χ0n) is 18.1. The fourth-order valence-corrected chi connectivity index (χ4v) is 3.14. The van der Waals surface area contributed by atoms with Crippen LogP contribution in [0.25, 0.3) is 11.1 Å². The van der Waals surface area contributed by atoms with E-state index in [2.05, 4.69) is 24.3 Å². The van der Waals surface area contributed by atoms with Gasteiger partial charge in [-0.1, -0.05) is 54.6 Å². The maximum Gasteiger partial charge on any atom is 0.320 e. The van der Waals surface area contributed by atoms with Crippen LogP contribution in [0.1, 0.15) is 12.5 Å². The van der Waals surface area contributed by atoms with E-state index in [-0.39, 0.29) is 12.5 Å². The molecule has 0 N–H and O–H groups in total. The zero-order valence-corrected chi connectivity index (χ0v) is 18.1. The third kappa shape index (κ3) is 7.15. The summed E-state index contributed by atoms with van der Waals surface area (Å²) in [6, 6.07) is 26.1. The van der Waals surface area contributed by atoms with Gasteiger partial charge in [-0.3, -0.25) is 9.69 Å². The number of carbonyl (C=O) groups excluding carboxylic acids is 1. The van der Waals surface area contributed by atoms with Crippen molar-refractivity contribution in [3.63, 3.8) is 0 Å². The summed E-state index contributed by atoms with van der Waals surface area (Å²) in [6.07, 6.45) is 0. The number of para-hydroxylation sites is 1. The Labute approximate surface area is 184 Å². The monoisotopic (exact) mass is 419 g/mol. The molecule has 0 saturated heterocycles. The van der Waals surface area contributed by atoms with E-state index in [1.807, 2.05) is 66.5 Å². The largest absolute Gasteiger partial charge is 0.492 e. The second-order valence-electron chi connectivity index (χ2n) is 7.18. The van der Waals surface area contributed by atoms with Crippen molar-refractivity contribution in [2.45, 2.75) is 13.5 Å². The van der Waals surface area contributed by atoms with Crippen LogP contribution in [0.3, 0.4) is 0 Å². The summed E-state index contributed by atoms with van der Waals surface area (Å²) in [6.45, 7) is 3.91. The number of hydrogen-bond acceptors (Lipinski definition) is 5. The Hall–Kier alpha value is -3.31. The third-order valence-corrected chi connectivity index (χ3v) is 4.74. The molecule has 0 fully saturated rings. The third-order valence-electron chi connectivity index (χ3n) is 4.74. The molecule has 5 heteroatoms. The van der Waals surface area contributed by atoms with Gasteiger partial charge in [0.2, 0.25) is 0 Å². The lowest BCUT2D eigenvalue weighted by molar-refractivity contribution is -0.144. The zero-order chi connectivity index (χ0) is 21.9. The van der Waals surface area contributed by atoms with Crippen molar-refractivity contribution in [3.8, 4) is 22.6 Å². The van der Waals surface area contributed by atoms with Crippen LogP contribution in [0.5, 0.6) is 11.5 Å². The molecule has 0 aromatic heterocycles. The first-order valence-corrected chi connectivity index (χ1v) is 10.5. The molecular formula is C26H29NO4. The predicted molar refractivity (Wildman–Crippen MR) is 122 cm³/mol. The molecule has 31 heavy (non-hydrogen) atoms. The number of ether oxygens (including phenoxy) is 3. The Bertz CT molecular complexity index is 944. The van der Waals surface area contributed by atoms with Crippen molar-refractivity contribution in [1.82, 2.24) is 4.90 Å². The molecule has 0 aliphatic heterocycles. The molecule has 3 aromatic carbocycles. The van der Waals surface area contributed by atoms with E-state index in [1.165, 1.54) is 0 Å². The van der Waals surface area contributed by atoms with Crippen molar-refractivity contribution in [3.05, 3.63) is 84.4 Å².